The molecule has 1 amide bonds. The molecular weight excluding hydrogens is 318 g/mol. The van der Waals surface area contributed by atoms with E-state index in [1.54, 1.807) is 6.20 Å². The van der Waals surface area contributed by atoms with Crippen LogP contribution in [0.4, 0.5) is 17.2 Å². The number of benzene rings is 1. The minimum Gasteiger partial charge on any atom is -0.489 e. The van der Waals surface area contributed by atoms with Gasteiger partial charge in [-0.15, -0.1) is 0 Å². The molecule has 1 atom stereocenters. The van der Waals surface area contributed by atoms with E-state index >= 15 is 0 Å². The summed E-state index contributed by atoms with van der Waals surface area (Å²) in [5, 5.41) is 6.07. The molecule has 1 saturated heterocycles. The molecular formula is C19H23N3O3. The highest BCUT2D eigenvalue weighted by molar-refractivity contribution is 5.94. The van der Waals surface area contributed by atoms with E-state index in [-0.39, 0.29) is 18.1 Å². The second-order valence-electron chi connectivity index (χ2n) is 6.21. The van der Waals surface area contributed by atoms with Crippen LogP contribution in [0.3, 0.4) is 0 Å². The lowest BCUT2D eigenvalue weighted by Crippen LogP contribution is -2.26. The molecule has 2 N–H and O–H groups in total. The quantitative estimate of drug-likeness (QED) is 0.837. The van der Waals surface area contributed by atoms with Gasteiger partial charge < -0.3 is 20.1 Å². The molecule has 2 aromatic rings. The van der Waals surface area contributed by atoms with E-state index in [4.69, 9.17) is 9.47 Å². The Bertz CT molecular complexity index is 710. The molecule has 0 bridgehead atoms. The largest absolute Gasteiger partial charge is 0.489 e. The molecule has 1 aliphatic heterocycles. The van der Waals surface area contributed by atoms with Gasteiger partial charge in [0.15, 0.2) is 0 Å². The molecule has 0 saturated carbocycles. The van der Waals surface area contributed by atoms with Crippen LogP contribution in [0, 0.1) is 0 Å². The molecule has 25 heavy (non-hydrogen) atoms. The summed E-state index contributed by atoms with van der Waals surface area (Å²) in [4.78, 5) is 16.4. The molecule has 1 fully saturated rings. The molecule has 3 rings (SSSR count). The van der Waals surface area contributed by atoms with Gasteiger partial charge in [0.1, 0.15) is 17.7 Å². The van der Waals surface area contributed by atoms with E-state index in [0.717, 1.165) is 24.3 Å². The number of pyridine rings is 1. The number of rotatable bonds is 6. The van der Waals surface area contributed by atoms with E-state index < -0.39 is 0 Å². The fraction of sp³-hybridized carbons (Fsp3) is 0.368. The van der Waals surface area contributed by atoms with E-state index in [1.807, 2.05) is 50.2 Å². The van der Waals surface area contributed by atoms with Gasteiger partial charge in [0.2, 0.25) is 0 Å². The van der Waals surface area contributed by atoms with Gasteiger partial charge in [-0.25, -0.2) is 4.98 Å². The van der Waals surface area contributed by atoms with Crippen molar-refractivity contribution in [1.29, 1.82) is 0 Å². The Labute approximate surface area is 147 Å². The zero-order valence-electron chi connectivity index (χ0n) is 14.5. The third-order valence-corrected chi connectivity index (χ3v) is 3.77. The van der Waals surface area contributed by atoms with Crippen LogP contribution in [0.2, 0.25) is 0 Å². The first kappa shape index (κ1) is 17.2. The Morgan fingerprint density at radius 1 is 1.28 bits per heavy atom. The molecule has 1 aromatic heterocycles. The summed E-state index contributed by atoms with van der Waals surface area (Å²) in [6, 6.07) is 11.3. The maximum absolute atomic E-state index is 12.0. The lowest BCUT2D eigenvalue weighted by atomic mass is 10.2. The number of carbonyl (C=O) groups excluding carboxylic acids is 1. The second kappa shape index (κ2) is 7.98. The van der Waals surface area contributed by atoms with Gasteiger partial charge in [0.05, 0.1) is 23.7 Å². The Hall–Kier alpha value is -2.60. The molecule has 0 radical (unpaired) electrons. The Balaban J connectivity index is 1.64. The van der Waals surface area contributed by atoms with Crippen molar-refractivity contribution >= 4 is 23.1 Å². The van der Waals surface area contributed by atoms with Gasteiger partial charge >= 0.3 is 0 Å². The van der Waals surface area contributed by atoms with Crippen LogP contribution in [0.5, 0.6) is 5.75 Å². The van der Waals surface area contributed by atoms with Crippen LogP contribution in [-0.2, 0) is 9.53 Å². The number of carbonyl (C=O) groups is 1. The average Bonchev–Trinajstić information content (AvgIpc) is 3.13. The summed E-state index contributed by atoms with van der Waals surface area (Å²) >= 11 is 0. The maximum atomic E-state index is 12.0. The molecule has 1 aliphatic rings. The zero-order valence-corrected chi connectivity index (χ0v) is 14.5. The highest BCUT2D eigenvalue weighted by Gasteiger charge is 2.23. The third-order valence-electron chi connectivity index (χ3n) is 3.77. The predicted molar refractivity (Wildman–Crippen MR) is 97.3 cm³/mol. The van der Waals surface area contributed by atoms with Crippen molar-refractivity contribution in [3.63, 3.8) is 0 Å². The number of amides is 1. The first-order valence-electron chi connectivity index (χ1n) is 8.53. The normalized spacial score (nSPS) is 16.7. The van der Waals surface area contributed by atoms with E-state index in [9.17, 15) is 4.79 Å². The van der Waals surface area contributed by atoms with Crippen molar-refractivity contribution in [1.82, 2.24) is 4.98 Å². The van der Waals surface area contributed by atoms with E-state index in [2.05, 4.69) is 15.6 Å². The van der Waals surface area contributed by atoms with Crippen molar-refractivity contribution in [3.8, 4) is 5.75 Å². The summed E-state index contributed by atoms with van der Waals surface area (Å²) in [5.41, 5.74) is 1.50. The number of nitrogens with zero attached hydrogens (tertiary/aromatic N) is 1. The van der Waals surface area contributed by atoms with Gasteiger partial charge in [-0.3, -0.25) is 4.79 Å². The third kappa shape index (κ3) is 4.70. The lowest BCUT2D eigenvalue weighted by molar-refractivity contribution is -0.124. The Morgan fingerprint density at radius 3 is 2.80 bits per heavy atom. The van der Waals surface area contributed by atoms with Crippen molar-refractivity contribution in [2.75, 3.05) is 17.2 Å². The first-order valence-corrected chi connectivity index (χ1v) is 8.53. The summed E-state index contributed by atoms with van der Waals surface area (Å²) in [7, 11) is 0. The molecule has 0 spiro atoms. The second-order valence-corrected chi connectivity index (χ2v) is 6.21. The number of aromatic nitrogens is 1. The SMILES string of the molecule is CC(C)Oc1ccccc1Nc1ccc(NC(=O)C2CCCO2)cn1. The predicted octanol–water partition coefficient (Wildman–Crippen LogP) is 3.73. The maximum Gasteiger partial charge on any atom is 0.253 e. The number of hydrogen-bond donors (Lipinski definition) is 2. The van der Waals surface area contributed by atoms with Gasteiger partial charge in [0.25, 0.3) is 5.91 Å². The first-order chi connectivity index (χ1) is 12.1. The number of nitrogens with one attached hydrogen (secondary N) is 2. The highest BCUT2D eigenvalue weighted by atomic mass is 16.5. The molecule has 132 valence electrons. The molecule has 6 nitrogen and oxygen atoms in total. The van der Waals surface area contributed by atoms with Crippen molar-refractivity contribution in [2.45, 2.75) is 38.9 Å². The minimum atomic E-state index is -0.349. The molecule has 0 aliphatic carbocycles. The number of ether oxygens (including phenoxy) is 2. The molecule has 2 heterocycles. The lowest BCUT2D eigenvalue weighted by Gasteiger charge is -2.15. The Morgan fingerprint density at radius 2 is 2.12 bits per heavy atom. The molecule has 1 unspecified atom stereocenters. The van der Waals surface area contributed by atoms with Crippen LogP contribution in [0.15, 0.2) is 42.6 Å². The van der Waals surface area contributed by atoms with Gasteiger partial charge in [-0.05, 0) is 51.0 Å². The number of hydrogen-bond acceptors (Lipinski definition) is 5. The molecule has 6 heteroatoms. The van der Waals surface area contributed by atoms with Crippen LogP contribution in [-0.4, -0.2) is 29.7 Å². The van der Waals surface area contributed by atoms with E-state index in [1.165, 1.54) is 0 Å². The topological polar surface area (TPSA) is 72.5 Å². The molecule has 1 aromatic carbocycles. The average molecular weight is 341 g/mol. The standard InChI is InChI=1S/C19H23N3O3/c1-13(2)25-16-7-4-3-6-15(16)22-18-10-9-14(12-20-18)21-19(23)17-8-5-11-24-17/h3-4,6-7,9-10,12-13,17H,5,8,11H2,1-2H3,(H,20,22)(H,21,23). The monoisotopic (exact) mass is 341 g/mol. The summed E-state index contributed by atoms with van der Waals surface area (Å²) in [6.07, 6.45) is 3.06. The highest BCUT2D eigenvalue weighted by Crippen LogP contribution is 2.27. The van der Waals surface area contributed by atoms with Crippen molar-refractivity contribution in [2.24, 2.45) is 0 Å². The summed E-state index contributed by atoms with van der Waals surface area (Å²) in [5.74, 6) is 1.33. The van der Waals surface area contributed by atoms with E-state index in [0.29, 0.717) is 18.1 Å². The van der Waals surface area contributed by atoms with Crippen molar-refractivity contribution < 1.29 is 14.3 Å². The number of para-hydroxylation sites is 2. The van der Waals surface area contributed by atoms with Crippen LogP contribution in [0.25, 0.3) is 0 Å². The van der Waals surface area contributed by atoms with Crippen molar-refractivity contribution in [3.05, 3.63) is 42.6 Å². The van der Waals surface area contributed by atoms with Gasteiger partial charge in [0, 0.05) is 6.61 Å². The van der Waals surface area contributed by atoms with Crippen LogP contribution in [0.1, 0.15) is 26.7 Å². The summed E-state index contributed by atoms with van der Waals surface area (Å²) in [6.45, 7) is 4.62. The summed E-state index contributed by atoms with van der Waals surface area (Å²) < 4.78 is 11.2. The fourth-order valence-corrected chi connectivity index (χ4v) is 2.61. The smallest absolute Gasteiger partial charge is 0.253 e. The van der Waals surface area contributed by atoms with Crippen LogP contribution >= 0.6 is 0 Å². The zero-order chi connectivity index (χ0) is 17.6. The number of anilines is 3. The Kier molecular flexibility index (Phi) is 5.50. The fourth-order valence-electron chi connectivity index (χ4n) is 2.61. The van der Waals surface area contributed by atoms with Crippen LogP contribution < -0.4 is 15.4 Å². The minimum absolute atomic E-state index is 0.0892. The van der Waals surface area contributed by atoms with Gasteiger partial charge in [-0.1, -0.05) is 12.1 Å². The van der Waals surface area contributed by atoms with Gasteiger partial charge in [-0.2, -0.15) is 0 Å².